The van der Waals surface area contributed by atoms with Crippen molar-refractivity contribution in [2.75, 3.05) is 0 Å². The van der Waals surface area contributed by atoms with Crippen LogP contribution in [0, 0.1) is 11.8 Å². The maximum atomic E-state index is 11.6. The summed E-state index contributed by atoms with van der Waals surface area (Å²) in [6.07, 6.45) is 5.89. The summed E-state index contributed by atoms with van der Waals surface area (Å²) in [5, 5.41) is 0. The number of unbranched alkanes of at least 4 members (excludes halogenated alkanes) is 2. The number of carbonyl (C=O) groups excluding carboxylic acids is 2. The predicted octanol–water partition coefficient (Wildman–Crippen LogP) is 3.26. The predicted molar refractivity (Wildman–Crippen MR) is 75.3 cm³/mol. The van der Waals surface area contributed by atoms with E-state index in [0.29, 0.717) is 0 Å². The molecule has 0 aliphatic carbocycles. The molecule has 0 bridgehead atoms. The Kier molecular flexibility index (Phi) is 11.6. The summed E-state index contributed by atoms with van der Waals surface area (Å²) in [5.41, 5.74) is 0. The first-order valence-corrected chi connectivity index (χ1v) is 10.4. The Balaban J connectivity index is 3.77. The van der Waals surface area contributed by atoms with Gasteiger partial charge in [-0.1, -0.05) is 0 Å². The van der Waals surface area contributed by atoms with Crippen LogP contribution >= 0.6 is 0 Å². The Morgan fingerprint density at radius 2 is 1.26 bits per heavy atom. The van der Waals surface area contributed by atoms with Crippen molar-refractivity contribution in [3.63, 3.8) is 0 Å². The molecule has 0 aliphatic heterocycles. The van der Waals surface area contributed by atoms with E-state index in [0.717, 1.165) is 38.5 Å². The Hall–Kier alpha value is -0.138. The third-order valence-electron chi connectivity index (χ3n) is 3.07. The van der Waals surface area contributed by atoms with E-state index in [1.165, 1.54) is 0 Å². The van der Waals surface area contributed by atoms with Gasteiger partial charge in [-0.2, -0.15) is 0 Å². The molecule has 0 aromatic carbocycles. The van der Waals surface area contributed by atoms with Crippen LogP contribution in [0.2, 0.25) is 0 Å². The molecule has 0 heterocycles. The van der Waals surface area contributed by atoms with Crippen molar-refractivity contribution in [3.8, 4) is 0 Å². The Morgan fingerprint density at radius 3 is 1.58 bits per heavy atom. The van der Waals surface area contributed by atoms with Crippen LogP contribution in [0.15, 0.2) is 0 Å². The molecule has 2 unspecified atom stereocenters. The van der Waals surface area contributed by atoms with Crippen molar-refractivity contribution in [1.82, 2.24) is 0 Å². The SMILES string of the molecule is CCCCC(C)C(=O)[O][Pb][O]C(=O)C(C)CCCC. The second kappa shape index (κ2) is 11.7. The van der Waals surface area contributed by atoms with Crippen LogP contribution in [0.25, 0.3) is 0 Å². The van der Waals surface area contributed by atoms with Crippen molar-refractivity contribution in [3.05, 3.63) is 0 Å². The van der Waals surface area contributed by atoms with Crippen molar-refractivity contribution < 1.29 is 15.0 Å². The molecule has 0 saturated heterocycles. The van der Waals surface area contributed by atoms with Gasteiger partial charge in [0.1, 0.15) is 0 Å². The average molecular weight is 466 g/mol. The minimum absolute atomic E-state index is 0.0799. The van der Waals surface area contributed by atoms with Crippen LogP contribution in [0.3, 0.4) is 0 Å². The zero-order valence-electron chi connectivity index (χ0n) is 12.5. The summed E-state index contributed by atoms with van der Waals surface area (Å²) in [5.74, 6) is -0.566. The third kappa shape index (κ3) is 9.40. The van der Waals surface area contributed by atoms with E-state index in [1.54, 1.807) is 0 Å². The number of hydrogen-bond donors (Lipinski definition) is 0. The van der Waals surface area contributed by atoms with Crippen molar-refractivity contribution in [1.29, 1.82) is 0 Å². The van der Waals surface area contributed by atoms with E-state index >= 15 is 0 Å². The normalized spacial score (nSPS) is 13.7. The van der Waals surface area contributed by atoms with E-state index in [4.69, 9.17) is 5.37 Å². The molecule has 110 valence electrons. The molecule has 4 nitrogen and oxygen atoms in total. The standard InChI is InChI=1S/2C7H14O2.Pb/c2*1-3-4-5-6(2)7(8)9;/h2*6H,3-5H2,1-2H3,(H,8,9);/q;;+2/p-2. The zero-order chi connectivity index (χ0) is 14.7. The summed E-state index contributed by atoms with van der Waals surface area (Å²) in [4.78, 5) is 23.2. The number of hydrogen-bond acceptors (Lipinski definition) is 4. The number of carbonyl (C=O) groups is 2. The van der Waals surface area contributed by atoms with Crippen LogP contribution in [0.1, 0.15) is 66.2 Å². The zero-order valence-corrected chi connectivity index (χ0v) is 16.4. The van der Waals surface area contributed by atoms with Gasteiger partial charge < -0.3 is 0 Å². The monoisotopic (exact) mass is 466 g/mol. The van der Waals surface area contributed by atoms with E-state index in [2.05, 4.69) is 13.8 Å². The summed E-state index contributed by atoms with van der Waals surface area (Å²) in [7, 11) is 0. The van der Waals surface area contributed by atoms with Gasteiger partial charge in [0.15, 0.2) is 0 Å². The second-order valence-electron chi connectivity index (χ2n) is 5.01. The average Bonchev–Trinajstić information content (AvgIpc) is 2.41. The minimum atomic E-state index is -2.02. The van der Waals surface area contributed by atoms with E-state index in [-0.39, 0.29) is 23.8 Å². The molecule has 0 fully saturated rings. The molecule has 0 aliphatic rings. The molecular formula is C14H26O4Pb. The fraction of sp³-hybridized carbons (Fsp3) is 0.857. The van der Waals surface area contributed by atoms with Gasteiger partial charge in [-0.05, 0) is 0 Å². The van der Waals surface area contributed by atoms with Gasteiger partial charge in [-0.3, -0.25) is 0 Å². The van der Waals surface area contributed by atoms with Crippen LogP contribution in [0.5, 0.6) is 0 Å². The molecule has 2 atom stereocenters. The first kappa shape index (κ1) is 18.9. The van der Waals surface area contributed by atoms with Gasteiger partial charge in [-0.15, -0.1) is 0 Å². The molecule has 2 radical (unpaired) electrons. The third-order valence-corrected chi connectivity index (χ3v) is 5.28. The van der Waals surface area contributed by atoms with E-state index in [1.807, 2.05) is 13.8 Å². The first-order valence-electron chi connectivity index (χ1n) is 7.19. The Labute approximate surface area is 130 Å². The van der Waals surface area contributed by atoms with Crippen molar-refractivity contribution >= 4 is 37.1 Å². The summed E-state index contributed by atoms with van der Waals surface area (Å²) < 4.78 is 10.3. The molecule has 0 saturated carbocycles. The van der Waals surface area contributed by atoms with Gasteiger partial charge in [0.2, 0.25) is 0 Å². The van der Waals surface area contributed by atoms with E-state index in [9.17, 15) is 9.59 Å². The van der Waals surface area contributed by atoms with Crippen molar-refractivity contribution in [2.45, 2.75) is 66.2 Å². The molecule has 0 spiro atoms. The molecule has 0 amide bonds. The molecule has 0 aromatic rings. The molecule has 5 heteroatoms. The summed E-state index contributed by atoms with van der Waals surface area (Å²) in [6.45, 7) is 7.92. The fourth-order valence-corrected chi connectivity index (χ4v) is 3.93. The van der Waals surface area contributed by atoms with Gasteiger partial charge in [0, 0.05) is 0 Å². The van der Waals surface area contributed by atoms with Gasteiger partial charge in [0.25, 0.3) is 0 Å². The van der Waals surface area contributed by atoms with Crippen LogP contribution in [0.4, 0.5) is 0 Å². The van der Waals surface area contributed by atoms with Gasteiger partial charge >= 0.3 is 130 Å². The first-order chi connectivity index (χ1) is 9.02. The van der Waals surface area contributed by atoms with E-state index < -0.39 is 25.1 Å². The molecule has 0 rings (SSSR count). The van der Waals surface area contributed by atoms with Crippen LogP contribution < -0.4 is 0 Å². The van der Waals surface area contributed by atoms with Crippen molar-refractivity contribution in [2.24, 2.45) is 11.8 Å². The summed E-state index contributed by atoms with van der Waals surface area (Å²) in [6, 6.07) is 0. The quantitative estimate of drug-likeness (QED) is 0.465. The Bertz CT molecular complexity index is 242. The molecule has 0 aromatic heterocycles. The van der Waals surface area contributed by atoms with Crippen LogP contribution in [-0.4, -0.2) is 37.1 Å². The topological polar surface area (TPSA) is 52.6 Å². The summed E-state index contributed by atoms with van der Waals surface area (Å²) >= 11 is -2.02. The van der Waals surface area contributed by atoms with Crippen LogP contribution in [-0.2, 0) is 15.0 Å². The second-order valence-corrected chi connectivity index (χ2v) is 7.25. The Morgan fingerprint density at radius 1 is 0.895 bits per heavy atom. The van der Waals surface area contributed by atoms with Gasteiger partial charge in [-0.25, -0.2) is 0 Å². The fourth-order valence-electron chi connectivity index (χ4n) is 1.56. The molecular weight excluding hydrogens is 439 g/mol. The maximum absolute atomic E-state index is 11.6. The molecule has 0 N–H and O–H groups in total. The molecule has 19 heavy (non-hydrogen) atoms. The number of rotatable bonds is 10. The van der Waals surface area contributed by atoms with Gasteiger partial charge in [0.05, 0.1) is 0 Å².